The standard InChI is InChI=1S/C25H24F5N7O4S/c1-42(31,40)11-19(38)32-22-20-17(36-37(22)18-7-6-16(21(26)27)34-35-18)10-24(33-23(20)39)8-2-3-13-9-14(4-5-15(13)24)41-12-25(28,29)30/h4-7,9,21,31H,2-3,8,10-12H2,1H3,(H,32,38)(H,33,39)/t24-,42?/m0/s1. The van der Waals surface area contributed by atoms with E-state index in [0.717, 1.165) is 17.0 Å². The minimum Gasteiger partial charge on any atom is -0.484 e. The van der Waals surface area contributed by atoms with Gasteiger partial charge < -0.3 is 15.4 Å². The first kappa shape index (κ1) is 29.3. The van der Waals surface area contributed by atoms with E-state index in [0.29, 0.717) is 30.4 Å². The Balaban J connectivity index is 1.55. The van der Waals surface area contributed by atoms with Crippen LogP contribution in [0.15, 0.2) is 30.3 Å². The maximum Gasteiger partial charge on any atom is 0.422 e. The molecule has 3 aromatic rings. The summed E-state index contributed by atoms with van der Waals surface area (Å²) < 4.78 is 89.5. The summed E-state index contributed by atoms with van der Waals surface area (Å²) >= 11 is 0. The second kappa shape index (κ2) is 10.6. The topological polar surface area (TPSA) is 152 Å². The molecule has 2 aliphatic rings. The van der Waals surface area contributed by atoms with E-state index in [1.165, 1.54) is 18.2 Å². The number of ether oxygens (including phenoxy) is 1. The van der Waals surface area contributed by atoms with Gasteiger partial charge in [0.05, 0.1) is 21.0 Å². The van der Waals surface area contributed by atoms with Crippen molar-refractivity contribution in [2.75, 3.05) is 23.9 Å². The molecule has 42 heavy (non-hydrogen) atoms. The molecule has 1 spiro atoms. The molecule has 0 fully saturated rings. The molecule has 1 unspecified atom stereocenters. The molecule has 0 bridgehead atoms. The van der Waals surface area contributed by atoms with Gasteiger partial charge in [0.1, 0.15) is 22.8 Å². The zero-order valence-electron chi connectivity index (χ0n) is 21.9. The van der Waals surface area contributed by atoms with Gasteiger partial charge in [-0.3, -0.25) is 14.4 Å². The number of alkyl halides is 5. The molecule has 2 amide bonds. The number of rotatable bonds is 7. The molecule has 1 aromatic carbocycles. The van der Waals surface area contributed by atoms with E-state index in [4.69, 9.17) is 9.52 Å². The molecule has 224 valence electrons. The van der Waals surface area contributed by atoms with Crippen molar-refractivity contribution in [3.05, 3.63) is 58.4 Å². The number of hydrogen-bond acceptors (Lipinski definition) is 8. The fourth-order valence-electron chi connectivity index (χ4n) is 5.23. The zero-order valence-corrected chi connectivity index (χ0v) is 22.7. The number of nitrogens with zero attached hydrogens (tertiary/aromatic N) is 4. The van der Waals surface area contributed by atoms with Crippen molar-refractivity contribution in [1.82, 2.24) is 25.3 Å². The molecule has 2 atom stereocenters. The second-order valence-electron chi connectivity index (χ2n) is 10.2. The number of aryl methyl sites for hydroxylation is 1. The van der Waals surface area contributed by atoms with Crippen LogP contribution in [0.5, 0.6) is 5.75 Å². The summed E-state index contributed by atoms with van der Waals surface area (Å²) in [5, 5.41) is 17.2. The van der Waals surface area contributed by atoms with Crippen LogP contribution >= 0.6 is 0 Å². The van der Waals surface area contributed by atoms with Crippen molar-refractivity contribution in [1.29, 1.82) is 4.78 Å². The maximum absolute atomic E-state index is 13.6. The predicted octanol–water partition coefficient (Wildman–Crippen LogP) is 3.67. The third-order valence-corrected chi connectivity index (χ3v) is 7.64. The molecule has 17 heteroatoms. The predicted molar refractivity (Wildman–Crippen MR) is 138 cm³/mol. The maximum atomic E-state index is 13.6. The zero-order chi connectivity index (χ0) is 30.4. The Morgan fingerprint density at radius 2 is 2.02 bits per heavy atom. The molecule has 1 aliphatic heterocycles. The van der Waals surface area contributed by atoms with Crippen molar-refractivity contribution >= 4 is 27.4 Å². The number of benzene rings is 1. The lowest BCUT2D eigenvalue weighted by molar-refractivity contribution is -0.153. The van der Waals surface area contributed by atoms with Gasteiger partial charge in [0.15, 0.2) is 18.2 Å². The van der Waals surface area contributed by atoms with Crippen LogP contribution in [0.4, 0.5) is 27.8 Å². The number of anilines is 1. The highest BCUT2D eigenvalue weighted by Gasteiger charge is 2.45. The average molecular weight is 614 g/mol. The van der Waals surface area contributed by atoms with Crippen molar-refractivity contribution in [3.63, 3.8) is 0 Å². The van der Waals surface area contributed by atoms with Crippen molar-refractivity contribution in [3.8, 4) is 11.6 Å². The normalized spacial score (nSPS) is 19.5. The van der Waals surface area contributed by atoms with E-state index in [9.17, 15) is 35.8 Å². The summed E-state index contributed by atoms with van der Waals surface area (Å²) in [6.45, 7) is -1.45. The van der Waals surface area contributed by atoms with Crippen LogP contribution in [0.25, 0.3) is 5.82 Å². The molecule has 11 nitrogen and oxygen atoms in total. The summed E-state index contributed by atoms with van der Waals surface area (Å²) in [6.07, 6.45) is -4.60. The Morgan fingerprint density at radius 3 is 2.67 bits per heavy atom. The Morgan fingerprint density at radius 1 is 1.26 bits per heavy atom. The van der Waals surface area contributed by atoms with E-state index in [1.54, 1.807) is 6.07 Å². The minimum atomic E-state index is -4.50. The van der Waals surface area contributed by atoms with E-state index < -0.39 is 57.7 Å². The number of fused-ring (bicyclic) bond motifs is 3. The first-order valence-electron chi connectivity index (χ1n) is 12.5. The third kappa shape index (κ3) is 6.05. The Kier molecular flexibility index (Phi) is 7.40. The van der Waals surface area contributed by atoms with Gasteiger partial charge in [0.2, 0.25) is 5.91 Å². The number of aromatic nitrogens is 4. The molecule has 0 saturated heterocycles. The average Bonchev–Trinajstić information content (AvgIpc) is 3.24. The number of hydrogen-bond donors (Lipinski definition) is 3. The van der Waals surface area contributed by atoms with Gasteiger partial charge in [-0.2, -0.15) is 23.0 Å². The van der Waals surface area contributed by atoms with E-state index in [1.807, 2.05) is 0 Å². The monoisotopic (exact) mass is 613 g/mol. The fourth-order valence-corrected chi connectivity index (χ4v) is 5.80. The summed E-state index contributed by atoms with van der Waals surface area (Å²) in [5.41, 5.74) is -0.0337. The SMILES string of the molecule is CS(=N)(=O)CC(=O)Nc1c2c(nn1-c1ccc(C(F)F)nn1)C[C@]1(CCCc3cc(OCC(F)(F)F)ccc31)NC2=O. The Labute approximate surface area is 235 Å². The van der Waals surface area contributed by atoms with Gasteiger partial charge in [-0.1, -0.05) is 6.07 Å². The summed E-state index contributed by atoms with van der Waals surface area (Å²) in [4.78, 5) is 26.3. The molecule has 0 saturated carbocycles. The summed E-state index contributed by atoms with van der Waals surface area (Å²) in [6, 6.07) is 6.71. The smallest absolute Gasteiger partial charge is 0.422 e. The van der Waals surface area contributed by atoms with Gasteiger partial charge >= 0.3 is 6.18 Å². The number of carbonyl (C=O) groups is 2. The van der Waals surface area contributed by atoms with Crippen molar-refractivity contribution in [2.24, 2.45) is 0 Å². The number of amides is 2. The first-order chi connectivity index (χ1) is 19.6. The van der Waals surface area contributed by atoms with E-state index in [-0.39, 0.29) is 35.1 Å². The van der Waals surface area contributed by atoms with Crippen molar-refractivity contribution in [2.45, 2.75) is 43.8 Å². The van der Waals surface area contributed by atoms with E-state index in [2.05, 4.69) is 25.9 Å². The van der Waals surface area contributed by atoms with Crippen LogP contribution < -0.4 is 15.4 Å². The van der Waals surface area contributed by atoms with Gasteiger partial charge in [-0.05, 0) is 54.7 Å². The number of nitrogens with one attached hydrogen (secondary N) is 3. The largest absolute Gasteiger partial charge is 0.484 e. The number of carbonyl (C=O) groups excluding carboxylic acids is 2. The molecular weight excluding hydrogens is 589 g/mol. The van der Waals surface area contributed by atoms with Crippen LogP contribution in [0.3, 0.4) is 0 Å². The van der Waals surface area contributed by atoms with Gasteiger partial charge in [-0.25, -0.2) is 13.0 Å². The third-order valence-electron chi connectivity index (χ3n) is 6.83. The fraction of sp³-hybridized carbons (Fsp3) is 0.400. The quantitative estimate of drug-likeness (QED) is 0.344. The molecule has 3 heterocycles. The van der Waals surface area contributed by atoms with E-state index >= 15 is 0 Å². The lowest BCUT2D eigenvalue weighted by atomic mass is 9.72. The van der Waals surface area contributed by atoms with Crippen LogP contribution in [0, 0.1) is 4.78 Å². The molecule has 1 aliphatic carbocycles. The highest BCUT2D eigenvalue weighted by atomic mass is 32.2. The van der Waals surface area contributed by atoms with Gasteiger partial charge in [0.25, 0.3) is 12.3 Å². The Hall–Kier alpha value is -4.15. The highest BCUT2D eigenvalue weighted by molar-refractivity contribution is 7.92. The summed E-state index contributed by atoms with van der Waals surface area (Å²) in [7, 11) is -3.25. The van der Waals surface area contributed by atoms with Gasteiger partial charge in [-0.15, -0.1) is 10.2 Å². The minimum absolute atomic E-state index is 0.0351. The van der Waals surface area contributed by atoms with Crippen molar-refractivity contribution < 1.29 is 40.5 Å². The van der Waals surface area contributed by atoms with Crippen LogP contribution in [0.2, 0.25) is 0 Å². The van der Waals surface area contributed by atoms with Gasteiger partial charge in [0, 0.05) is 12.7 Å². The highest BCUT2D eigenvalue weighted by Crippen LogP contribution is 2.43. The second-order valence-corrected chi connectivity index (χ2v) is 12.5. The molecular formula is C25H24F5N7O4S. The van der Waals surface area contributed by atoms with Crippen LogP contribution in [-0.2, 0) is 32.9 Å². The summed E-state index contributed by atoms with van der Waals surface area (Å²) in [5.74, 6) is -2.39. The number of halogens is 5. The van der Waals surface area contributed by atoms with Crippen LogP contribution in [0.1, 0.15) is 52.1 Å². The molecule has 2 aromatic heterocycles. The lowest BCUT2D eigenvalue weighted by Crippen LogP contribution is -2.52. The Bertz CT molecular complexity index is 1660. The lowest BCUT2D eigenvalue weighted by Gasteiger charge is -2.42. The molecule has 3 N–H and O–H groups in total. The first-order valence-corrected chi connectivity index (χ1v) is 14.7. The van der Waals surface area contributed by atoms with Crippen LogP contribution in [-0.4, -0.2) is 60.8 Å². The molecule has 0 radical (unpaired) electrons. The molecule has 5 rings (SSSR count).